The first-order chi connectivity index (χ1) is 8.13. The van der Waals surface area contributed by atoms with E-state index in [0.717, 1.165) is 13.1 Å². The lowest BCUT2D eigenvalue weighted by Crippen LogP contribution is -2.60. The Bertz CT molecular complexity index is 237. The van der Waals surface area contributed by atoms with Gasteiger partial charge in [-0.25, -0.2) is 0 Å². The summed E-state index contributed by atoms with van der Waals surface area (Å²) in [7, 11) is 0. The largest absolute Gasteiger partial charge is 0.302 e. The number of carbonyl (C=O) groups excluding carboxylic acids is 1. The van der Waals surface area contributed by atoms with Crippen molar-refractivity contribution in [3.8, 4) is 0 Å². The van der Waals surface area contributed by atoms with Crippen LogP contribution < -0.4 is 0 Å². The van der Waals surface area contributed by atoms with Crippen LogP contribution in [0.3, 0.4) is 0 Å². The van der Waals surface area contributed by atoms with Crippen molar-refractivity contribution in [2.24, 2.45) is 5.41 Å². The Balaban J connectivity index is 0.000000686. The summed E-state index contributed by atoms with van der Waals surface area (Å²) in [5.41, 5.74) is 0.614. The highest BCUT2D eigenvalue weighted by atomic mass is 16.1. The van der Waals surface area contributed by atoms with Crippen LogP contribution in [-0.4, -0.2) is 54.9 Å². The van der Waals surface area contributed by atoms with Crippen LogP contribution in [0.25, 0.3) is 0 Å². The molecule has 0 aliphatic carbocycles. The van der Waals surface area contributed by atoms with Crippen LogP contribution in [0.4, 0.5) is 0 Å². The standard InChI is InChI=1S/C12H22N2O.C2H6/c1-3-13-9-12(10-13)4-6-14(7-5-12)8-11(2)15;1-2/h3-10H2,1-2H3;1-2H3. The predicted octanol–water partition coefficient (Wildman–Crippen LogP) is 2.02. The Hall–Kier alpha value is -0.410. The molecule has 2 heterocycles. The van der Waals surface area contributed by atoms with Gasteiger partial charge < -0.3 is 4.90 Å². The Morgan fingerprint density at radius 3 is 2.06 bits per heavy atom. The van der Waals surface area contributed by atoms with E-state index >= 15 is 0 Å². The third-order valence-electron chi connectivity index (χ3n) is 3.93. The number of nitrogens with zero attached hydrogens (tertiary/aromatic N) is 2. The third kappa shape index (κ3) is 3.78. The quantitative estimate of drug-likeness (QED) is 0.754. The summed E-state index contributed by atoms with van der Waals surface area (Å²) in [4.78, 5) is 15.8. The van der Waals surface area contributed by atoms with E-state index in [9.17, 15) is 4.79 Å². The maximum absolute atomic E-state index is 11.0. The van der Waals surface area contributed by atoms with Gasteiger partial charge in [0.15, 0.2) is 0 Å². The summed E-state index contributed by atoms with van der Waals surface area (Å²) in [5.74, 6) is 0.301. The molecule has 0 radical (unpaired) electrons. The minimum Gasteiger partial charge on any atom is -0.302 e. The second-order valence-corrected chi connectivity index (χ2v) is 5.28. The SMILES string of the molecule is CC.CCN1CC2(CCN(CC(C)=O)CC2)C1. The van der Waals surface area contributed by atoms with Gasteiger partial charge in [-0.1, -0.05) is 20.8 Å². The van der Waals surface area contributed by atoms with Crippen LogP contribution in [0.5, 0.6) is 0 Å². The molecular formula is C14H28N2O. The van der Waals surface area contributed by atoms with Crippen LogP contribution in [0, 0.1) is 5.41 Å². The zero-order valence-corrected chi connectivity index (χ0v) is 12.0. The molecule has 0 aromatic rings. The van der Waals surface area contributed by atoms with Crippen molar-refractivity contribution in [2.75, 3.05) is 39.3 Å². The van der Waals surface area contributed by atoms with Gasteiger partial charge in [0.05, 0.1) is 6.54 Å². The van der Waals surface area contributed by atoms with Crippen molar-refractivity contribution in [1.82, 2.24) is 9.80 Å². The van der Waals surface area contributed by atoms with Crippen LogP contribution in [0.1, 0.15) is 40.5 Å². The van der Waals surface area contributed by atoms with Crippen LogP contribution >= 0.6 is 0 Å². The predicted molar refractivity (Wildman–Crippen MR) is 72.3 cm³/mol. The number of piperidine rings is 1. The van der Waals surface area contributed by atoms with Crippen molar-refractivity contribution in [3.63, 3.8) is 0 Å². The van der Waals surface area contributed by atoms with E-state index in [2.05, 4.69) is 16.7 Å². The molecule has 0 atom stereocenters. The molecule has 100 valence electrons. The average molecular weight is 240 g/mol. The highest BCUT2D eigenvalue weighted by Crippen LogP contribution is 2.39. The molecule has 0 amide bonds. The van der Waals surface area contributed by atoms with Crippen LogP contribution in [0.15, 0.2) is 0 Å². The molecule has 2 saturated heterocycles. The molecule has 0 aromatic heterocycles. The fourth-order valence-electron chi connectivity index (χ4n) is 2.94. The molecular weight excluding hydrogens is 212 g/mol. The molecule has 2 fully saturated rings. The molecule has 2 rings (SSSR count). The highest BCUT2D eigenvalue weighted by Gasteiger charge is 2.43. The minimum absolute atomic E-state index is 0.301. The van der Waals surface area contributed by atoms with E-state index < -0.39 is 0 Å². The molecule has 1 spiro atoms. The number of ketones is 1. The van der Waals surface area contributed by atoms with E-state index in [1.54, 1.807) is 6.92 Å². The maximum Gasteiger partial charge on any atom is 0.143 e. The van der Waals surface area contributed by atoms with Gasteiger partial charge in [-0.15, -0.1) is 0 Å². The molecule has 0 N–H and O–H groups in total. The molecule has 2 aliphatic heterocycles. The zero-order chi connectivity index (χ0) is 12.9. The van der Waals surface area contributed by atoms with Gasteiger partial charge in [0.2, 0.25) is 0 Å². The first-order valence-corrected chi connectivity index (χ1v) is 7.08. The van der Waals surface area contributed by atoms with E-state index in [1.165, 1.54) is 32.5 Å². The number of hydrogen-bond donors (Lipinski definition) is 0. The Morgan fingerprint density at radius 1 is 1.12 bits per heavy atom. The van der Waals surface area contributed by atoms with E-state index in [4.69, 9.17) is 0 Å². The first kappa shape index (κ1) is 14.7. The maximum atomic E-state index is 11.0. The number of rotatable bonds is 3. The molecule has 2 aliphatic rings. The van der Waals surface area contributed by atoms with Crippen molar-refractivity contribution < 1.29 is 4.79 Å². The summed E-state index contributed by atoms with van der Waals surface area (Å²) in [6.45, 7) is 14.6. The molecule has 0 aromatic carbocycles. The van der Waals surface area contributed by atoms with Crippen LogP contribution in [-0.2, 0) is 4.79 Å². The summed E-state index contributed by atoms with van der Waals surface area (Å²) >= 11 is 0. The number of carbonyl (C=O) groups is 1. The number of likely N-dealkylation sites (tertiary alicyclic amines) is 2. The third-order valence-corrected chi connectivity index (χ3v) is 3.93. The van der Waals surface area contributed by atoms with E-state index in [0.29, 0.717) is 17.7 Å². The lowest BCUT2D eigenvalue weighted by molar-refractivity contribution is -0.119. The zero-order valence-electron chi connectivity index (χ0n) is 12.0. The van der Waals surface area contributed by atoms with Crippen molar-refractivity contribution in [3.05, 3.63) is 0 Å². The smallest absolute Gasteiger partial charge is 0.143 e. The van der Waals surface area contributed by atoms with Gasteiger partial charge in [0, 0.05) is 13.1 Å². The van der Waals surface area contributed by atoms with Gasteiger partial charge >= 0.3 is 0 Å². The molecule has 0 bridgehead atoms. The van der Waals surface area contributed by atoms with E-state index in [-0.39, 0.29) is 0 Å². The first-order valence-electron chi connectivity index (χ1n) is 7.08. The number of hydrogen-bond acceptors (Lipinski definition) is 3. The Labute approximate surface area is 106 Å². The molecule has 0 saturated carbocycles. The molecule has 17 heavy (non-hydrogen) atoms. The molecule has 3 nitrogen and oxygen atoms in total. The van der Waals surface area contributed by atoms with E-state index in [1.807, 2.05) is 13.8 Å². The van der Waals surface area contributed by atoms with Crippen LogP contribution in [0.2, 0.25) is 0 Å². The summed E-state index contributed by atoms with van der Waals surface area (Å²) in [6.07, 6.45) is 2.58. The Morgan fingerprint density at radius 2 is 1.65 bits per heavy atom. The lowest BCUT2D eigenvalue weighted by atomic mass is 9.72. The van der Waals surface area contributed by atoms with Gasteiger partial charge in [-0.3, -0.25) is 9.69 Å². The Kier molecular flexibility index (Phi) is 5.60. The van der Waals surface area contributed by atoms with Crippen molar-refractivity contribution in [2.45, 2.75) is 40.5 Å². The van der Waals surface area contributed by atoms with Gasteiger partial charge in [0.1, 0.15) is 5.78 Å². The van der Waals surface area contributed by atoms with Crippen molar-refractivity contribution in [1.29, 1.82) is 0 Å². The highest BCUT2D eigenvalue weighted by molar-refractivity contribution is 5.77. The lowest BCUT2D eigenvalue weighted by Gasteiger charge is -2.54. The van der Waals surface area contributed by atoms with Gasteiger partial charge in [-0.2, -0.15) is 0 Å². The van der Waals surface area contributed by atoms with Gasteiger partial charge in [-0.05, 0) is 44.8 Å². The second kappa shape index (κ2) is 6.50. The normalized spacial score (nSPS) is 23.8. The number of Topliss-reactive ketones (excluding diaryl/α,β-unsaturated/α-hetero) is 1. The van der Waals surface area contributed by atoms with Crippen molar-refractivity contribution >= 4 is 5.78 Å². The summed E-state index contributed by atoms with van der Waals surface area (Å²) in [5, 5.41) is 0. The minimum atomic E-state index is 0.301. The average Bonchev–Trinajstić information content (AvgIpc) is 2.29. The fraction of sp³-hybridized carbons (Fsp3) is 0.929. The summed E-state index contributed by atoms with van der Waals surface area (Å²) < 4.78 is 0. The second-order valence-electron chi connectivity index (χ2n) is 5.28. The summed E-state index contributed by atoms with van der Waals surface area (Å²) in [6, 6.07) is 0. The van der Waals surface area contributed by atoms with Gasteiger partial charge in [0.25, 0.3) is 0 Å². The topological polar surface area (TPSA) is 23.6 Å². The monoisotopic (exact) mass is 240 g/mol. The molecule has 0 unspecified atom stereocenters. The fourth-order valence-corrected chi connectivity index (χ4v) is 2.94. The molecule has 3 heteroatoms.